The normalized spacial score (nSPS) is 34.2. The van der Waals surface area contributed by atoms with Crippen molar-refractivity contribution in [2.24, 2.45) is 16.7 Å². The highest BCUT2D eigenvalue weighted by atomic mass is 16.7. The highest BCUT2D eigenvalue weighted by Crippen LogP contribution is 2.67. The molecule has 3 rings (SSSR count). The van der Waals surface area contributed by atoms with Gasteiger partial charge in [0.05, 0.1) is 24.1 Å². The first-order chi connectivity index (χ1) is 12.4. The Balaban J connectivity index is 2.28. The molecule has 4 unspecified atom stereocenters. The lowest BCUT2D eigenvalue weighted by atomic mass is 9.53. The van der Waals surface area contributed by atoms with Crippen LogP contribution in [0, 0.1) is 56.2 Å². The molecule has 0 spiro atoms. The van der Waals surface area contributed by atoms with Crippen LogP contribution >= 0.6 is 0 Å². The van der Waals surface area contributed by atoms with Crippen molar-refractivity contribution in [3.63, 3.8) is 0 Å². The van der Waals surface area contributed by atoms with Gasteiger partial charge in [0.25, 0.3) is 0 Å². The zero-order valence-electron chi connectivity index (χ0n) is 15.0. The van der Waals surface area contributed by atoms with Crippen LogP contribution in [-0.2, 0) is 15.9 Å². The largest absolute Gasteiger partial charge is 0.448 e. The molecule has 0 amide bonds. The van der Waals surface area contributed by atoms with E-state index in [9.17, 15) is 15.8 Å². The molecule has 4 atom stereocenters. The molecular formula is C20H20N4O2. The van der Waals surface area contributed by atoms with E-state index < -0.39 is 28.6 Å². The zero-order chi connectivity index (χ0) is 19.2. The first-order valence-electron chi connectivity index (χ1n) is 8.67. The molecule has 1 aromatic rings. The molecule has 2 fully saturated rings. The van der Waals surface area contributed by atoms with Gasteiger partial charge >= 0.3 is 0 Å². The average Bonchev–Trinajstić information content (AvgIpc) is 2.84. The number of hydrogen-bond acceptors (Lipinski definition) is 6. The Kier molecular flexibility index (Phi) is 4.02. The predicted octanol–water partition coefficient (Wildman–Crippen LogP) is 3.61. The van der Waals surface area contributed by atoms with Crippen LogP contribution in [0.4, 0.5) is 0 Å². The molecule has 2 heterocycles. The number of fused-ring (bicyclic) bond motifs is 2. The summed E-state index contributed by atoms with van der Waals surface area (Å²) in [6.07, 6.45) is 0.316. The summed E-state index contributed by atoms with van der Waals surface area (Å²) < 4.78 is 11.8. The molecule has 1 N–H and O–H groups in total. The molecule has 26 heavy (non-hydrogen) atoms. The molecule has 2 saturated heterocycles. The number of rotatable bonds is 3. The summed E-state index contributed by atoms with van der Waals surface area (Å²) in [5.41, 5.74) is -1.80. The van der Waals surface area contributed by atoms with E-state index in [1.54, 1.807) is 6.92 Å². The molecule has 6 heteroatoms. The van der Waals surface area contributed by atoms with Crippen LogP contribution in [-0.4, -0.2) is 11.7 Å². The number of nitrogens with one attached hydrogen (secondary N) is 1. The topological polar surface area (TPSA) is 114 Å². The van der Waals surface area contributed by atoms with Crippen LogP contribution in [0.2, 0.25) is 0 Å². The molecule has 1 aromatic carbocycles. The summed E-state index contributed by atoms with van der Waals surface area (Å²) in [7, 11) is 0. The van der Waals surface area contributed by atoms with E-state index in [-0.39, 0.29) is 5.90 Å². The monoisotopic (exact) mass is 348 g/mol. The Morgan fingerprint density at radius 2 is 1.69 bits per heavy atom. The van der Waals surface area contributed by atoms with E-state index in [1.165, 1.54) is 0 Å². The standard InChI is InChI=1S/C20H20N4O2/c1-4-13-6-8-14(9-7-13)16-19(10-21,11-22)20(12-23)15(5-2)18(3,25-16)26-17(20)24/h6-9,15-16,24H,4-5H2,1-3H3. The van der Waals surface area contributed by atoms with Crippen molar-refractivity contribution in [2.45, 2.75) is 45.5 Å². The second-order valence-corrected chi connectivity index (χ2v) is 6.95. The molecule has 6 nitrogen and oxygen atoms in total. The highest BCUT2D eigenvalue weighted by molar-refractivity contribution is 5.89. The molecule has 2 aliphatic heterocycles. The van der Waals surface area contributed by atoms with Crippen molar-refractivity contribution in [3.8, 4) is 18.2 Å². The van der Waals surface area contributed by atoms with Crippen LogP contribution in [0.5, 0.6) is 0 Å². The van der Waals surface area contributed by atoms with E-state index in [0.29, 0.717) is 12.0 Å². The fourth-order valence-corrected chi connectivity index (χ4v) is 4.45. The number of nitriles is 3. The van der Waals surface area contributed by atoms with Gasteiger partial charge in [0.1, 0.15) is 6.10 Å². The zero-order valence-corrected chi connectivity index (χ0v) is 15.0. The summed E-state index contributed by atoms with van der Waals surface area (Å²) in [4.78, 5) is 0. The summed E-state index contributed by atoms with van der Waals surface area (Å²) in [5.74, 6) is -2.17. The second-order valence-electron chi connectivity index (χ2n) is 6.95. The number of hydrogen-bond donors (Lipinski definition) is 1. The lowest BCUT2D eigenvalue weighted by molar-refractivity contribution is -0.273. The van der Waals surface area contributed by atoms with Gasteiger partial charge in [-0.05, 0) is 24.0 Å². The minimum atomic E-state index is -1.87. The van der Waals surface area contributed by atoms with Gasteiger partial charge in [0.15, 0.2) is 5.41 Å². The maximum Gasteiger partial charge on any atom is 0.214 e. The Morgan fingerprint density at radius 3 is 2.15 bits per heavy atom. The van der Waals surface area contributed by atoms with Gasteiger partial charge in [0.2, 0.25) is 17.1 Å². The quantitative estimate of drug-likeness (QED) is 0.896. The molecule has 0 aromatic heterocycles. The van der Waals surface area contributed by atoms with E-state index >= 15 is 0 Å². The lowest BCUT2D eigenvalue weighted by Gasteiger charge is -2.48. The first-order valence-corrected chi connectivity index (χ1v) is 8.67. The van der Waals surface area contributed by atoms with Crippen molar-refractivity contribution in [3.05, 3.63) is 35.4 Å². The number of aryl methyl sites for hydroxylation is 1. The summed E-state index contributed by atoms with van der Waals surface area (Å²) in [6.45, 7) is 5.56. The van der Waals surface area contributed by atoms with Gasteiger partial charge in [-0.1, -0.05) is 38.1 Å². The summed E-state index contributed by atoms with van der Waals surface area (Å²) >= 11 is 0. The average molecular weight is 348 g/mol. The summed E-state index contributed by atoms with van der Waals surface area (Å²) in [5, 5.41) is 38.5. The molecular weight excluding hydrogens is 328 g/mol. The van der Waals surface area contributed by atoms with Crippen LogP contribution in [0.3, 0.4) is 0 Å². The van der Waals surface area contributed by atoms with Crippen LogP contribution in [0.15, 0.2) is 24.3 Å². The third-order valence-electron chi connectivity index (χ3n) is 5.81. The van der Waals surface area contributed by atoms with Crippen LogP contribution in [0.25, 0.3) is 0 Å². The first kappa shape index (κ1) is 17.9. The van der Waals surface area contributed by atoms with Crippen molar-refractivity contribution < 1.29 is 9.47 Å². The van der Waals surface area contributed by atoms with Crippen LogP contribution < -0.4 is 0 Å². The molecule has 132 valence electrons. The number of ether oxygens (including phenoxy) is 2. The van der Waals surface area contributed by atoms with Gasteiger partial charge in [-0.3, -0.25) is 5.41 Å². The van der Waals surface area contributed by atoms with Crippen LogP contribution in [0.1, 0.15) is 44.4 Å². The van der Waals surface area contributed by atoms with Gasteiger partial charge < -0.3 is 9.47 Å². The highest BCUT2D eigenvalue weighted by Gasteiger charge is 2.78. The molecule has 0 radical (unpaired) electrons. The van der Waals surface area contributed by atoms with E-state index in [0.717, 1.165) is 12.0 Å². The van der Waals surface area contributed by atoms with Crippen molar-refractivity contribution >= 4 is 5.90 Å². The van der Waals surface area contributed by atoms with Gasteiger partial charge in [-0.25, -0.2) is 0 Å². The minimum absolute atomic E-state index is 0.356. The summed E-state index contributed by atoms with van der Waals surface area (Å²) in [6, 6.07) is 13.7. The number of nitrogens with zero attached hydrogens (tertiary/aromatic N) is 3. The predicted molar refractivity (Wildman–Crippen MR) is 92.3 cm³/mol. The smallest absolute Gasteiger partial charge is 0.214 e. The minimum Gasteiger partial charge on any atom is -0.448 e. The van der Waals surface area contributed by atoms with Gasteiger partial charge in [-0.2, -0.15) is 15.8 Å². The maximum atomic E-state index is 10.1. The SMILES string of the molecule is CCc1ccc(C2OC3(C)OC(=N)C(C#N)(C3CC)C2(C#N)C#N)cc1. The Bertz CT molecular complexity index is 859. The van der Waals surface area contributed by atoms with Crippen molar-refractivity contribution in [1.29, 1.82) is 21.2 Å². The molecule has 2 bridgehead atoms. The van der Waals surface area contributed by atoms with Crippen molar-refractivity contribution in [2.75, 3.05) is 0 Å². The fourth-order valence-electron chi connectivity index (χ4n) is 4.45. The van der Waals surface area contributed by atoms with Gasteiger partial charge in [-0.15, -0.1) is 0 Å². The Labute approximate surface area is 153 Å². The van der Waals surface area contributed by atoms with E-state index in [1.807, 2.05) is 50.3 Å². The van der Waals surface area contributed by atoms with Gasteiger partial charge in [0, 0.05) is 6.92 Å². The third-order valence-corrected chi connectivity index (χ3v) is 5.81. The molecule has 2 aliphatic rings. The fraction of sp³-hybridized carbons (Fsp3) is 0.500. The number of benzene rings is 1. The molecule has 0 aliphatic carbocycles. The Hall–Kier alpha value is -2.88. The van der Waals surface area contributed by atoms with Crippen molar-refractivity contribution in [1.82, 2.24) is 0 Å². The Morgan fingerprint density at radius 1 is 1.08 bits per heavy atom. The van der Waals surface area contributed by atoms with E-state index in [2.05, 4.69) is 6.07 Å². The third kappa shape index (κ3) is 1.90. The maximum absolute atomic E-state index is 10.1. The van der Waals surface area contributed by atoms with E-state index in [4.69, 9.17) is 14.9 Å². The second kappa shape index (κ2) is 5.84. The lowest BCUT2D eigenvalue weighted by Crippen LogP contribution is -2.58. The molecule has 0 saturated carbocycles.